The second kappa shape index (κ2) is 15.3. The van der Waals surface area contributed by atoms with Crippen molar-refractivity contribution in [3.05, 3.63) is 186 Å². The Morgan fingerprint density at radius 1 is 0.448 bits per heavy atom. The molecule has 4 heterocycles. The third kappa shape index (κ3) is 7.28. The Morgan fingerprint density at radius 2 is 1.06 bits per heavy atom. The maximum absolute atomic E-state index is 14.8. The first-order chi connectivity index (χ1) is 32.0. The highest BCUT2D eigenvalue weighted by Gasteiger charge is 2.34. The van der Waals surface area contributed by atoms with Gasteiger partial charge in [-0.2, -0.15) is 0 Å². The zero-order chi connectivity index (χ0) is 46.6. The number of ether oxygens (including phenoxy) is 1. The van der Waals surface area contributed by atoms with Crippen LogP contribution in [-0.2, 0) is 16.2 Å². The molecule has 0 saturated heterocycles. The second-order valence-electron chi connectivity index (χ2n) is 21.2. The van der Waals surface area contributed by atoms with Gasteiger partial charge in [0.15, 0.2) is 0 Å². The molecule has 0 fully saturated rings. The van der Waals surface area contributed by atoms with Crippen molar-refractivity contribution in [2.75, 3.05) is 16.5 Å². The van der Waals surface area contributed by atoms with E-state index in [1.807, 2.05) is 36.5 Å². The number of fused-ring (bicyclic) bond motifs is 7. The summed E-state index contributed by atoms with van der Waals surface area (Å²) in [7, 11) is 0. The molecule has 0 bridgehead atoms. The standard InChI is InChI=1S/C60H56FN5O/c1-58(2,3)38-28-29-62-56(33-38)66-52-27-24-41(61)34-49(52)48-26-25-45(36-55(48)66)67-44-17-14-16-42(35-44)63-37-64(43-31-39(59(4,5)6)30-40(32-43)60(7,8)9)57-53(63)22-15-23-54(57)65-50-20-12-10-18-46(50)47-19-11-13-21-51(47)65/h10-36H,37H2,1-9H3. The van der Waals surface area contributed by atoms with E-state index in [4.69, 9.17) is 9.72 Å². The molecule has 0 unspecified atom stereocenters. The minimum atomic E-state index is -0.277. The first-order valence-electron chi connectivity index (χ1n) is 23.3. The van der Waals surface area contributed by atoms with Gasteiger partial charge in [-0.05, 0) is 124 Å². The molecule has 0 aliphatic carbocycles. The third-order valence-electron chi connectivity index (χ3n) is 13.5. The molecule has 6 nitrogen and oxygen atoms in total. The Kier molecular flexibility index (Phi) is 9.68. The zero-order valence-corrected chi connectivity index (χ0v) is 39.8. The lowest BCUT2D eigenvalue weighted by Gasteiger charge is -2.30. The topological polar surface area (TPSA) is 38.5 Å². The third-order valence-corrected chi connectivity index (χ3v) is 13.5. The number of pyridine rings is 1. The van der Waals surface area contributed by atoms with Gasteiger partial charge < -0.3 is 19.1 Å². The van der Waals surface area contributed by atoms with Crippen molar-refractivity contribution in [3.63, 3.8) is 0 Å². The van der Waals surface area contributed by atoms with Crippen LogP contribution >= 0.6 is 0 Å². The fourth-order valence-electron chi connectivity index (χ4n) is 9.87. The smallest absolute Gasteiger partial charge is 0.137 e. The van der Waals surface area contributed by atoms with E-state index >= 15 is 0 Å². The van der Waals surface area contributed by atoms with E-state index in [1.54, 1.807) is 6.07 Å². The van der Waals surface area contributed by atoms with E-state index < -0.39 is 0 Å². The molecule has 10 aromatic rings. The van der Waals surface area contributed by atoms with Crippen molar-refractivity contribution in [1.29, 1.82) is 0 Å². The summed E-state index contributed by atoms with van der Waals surface area (Å²) in [6.45, 7) is 21.0. The van der Waals surface area contributed by atoms with E-state index in [1.165, 1.54) is 44.6 Å². The summed E-state index contributed by atoms with van der Waals surface area (Å²) in [6.07, 6.45) is 1.86. The molecule has 67 heavy (non-hydrogen) atoms. The number of halogens is 1. The molecule has 7 heteroatoms. The van der Waals surface area contributed by atoms with Crippen LogP contribution in [0.1, 0.15) is 79.0 Å². The predicted octanol–water partition coefficient (Wildman–Crippen LogP) is 16.3. The SMILES string of the molecule is CC(C)(C)c1cc(N2CN(c3cccc(Oc4ccc5c6cc(F)ccc6n(-c6cc(C(C)(C)C)ccn6)c5c4)c3)c3cccc(-n4c5ccccc5c5ccccc54)c32)cc(C(C)(C)C)c1. The molecule has 0 saturated carbocycles. The van der Waals surface area contributed by atoms with Gasteiger partial charge in [-0.1, -0.05) is 117 Å². The molecule has 0 radical (unpaired) electrons. The van der Waals surface area contributed by atoms with Crippen LogP contribution < -0.4 is 14.5 Å². The number of anilines is 4. The van der Waals surface area contributed by atoms with Gasteiger partial charge in [0.05, 0.1) is 39.1 Å². The summed E-state index contributed by atoms with van der Waals surface area (Å²) in [6, 6.07) is 54.9. The molecule has 11 rings (SSSR count). The molecular weight excluding hydrogens is 826 g/mol. The van der Waals surface area contributed by atoms with Crippen molar-refractivity contribution in [2.24, 2.45) is 0 Å². The van der Waals surface area contributed by atoms with E-state index in [-0.39, 0.29) is 22.1 Å². The molecule has 1 aliphatic heterocycles. The van der Waals surface area contributed by atoms with Crippen LogP contribution in [-0.4, -0.2) is 20.8 Å². The minimum absolute atomic E-state index is 0.0587. The van der Waals surface area contributed by atoms with Crippen LogP contribution in [0, 0.1) is 5.82 Å². The van der Waals surface area contributed by atoms with Gasteiger partial charge in [0.25, 0.3) is 0 Å². The summed E-state index contributed by atoms with van der Waals surface area (Å²) in [5, 5.41) is 4.21. The van der Waals surface area contributed by atoms with Gasteiger partial charge in [0.1, 0.15) is 29.8 Å². The highest BCUT2D eigenvalue weighted by atomic mass is 19.1. The average molecular weight is 882 g/mol. The Labute approximate surface area is 392 Å². The van der Waals surface area contributed by atoms with Crippen molar-refractivity contribution >= 4 is 66.4 Å². The Bertz CT molecular complexity index is 3490. The lowest BCUT2D eigenvalue weighted by molar-refractivity contribution is 0.483. The summed E-state index contributed by atoms with van der Waals surface area (Å²) in [4.78, 5) is 9.75. The number of hydrogen-bond acceptors (Lipinski definition) is 4. The quantitative estimate of drug-likeness (QED) is 0.167. The minimum Gasteiger partial charge on any atom is -0.457 e. The first kappa shape index (κ1) is 42.3. The van der Waals surface area contributed by atoms with Crippen LogP contribution in [0.2, 0.25) is 0 Å². The van der Waals surface area contributed by atoms with Gasteiger partial charge >= 0.3 is 0 Å². The largest absolute Gasteiger partial charge is 0.457 e. The first-order valence-corrected chi connectivity index (χ1v) is 23.3. The zero-order valence-electron chi connectivity index (χ0n) is 39.8. The number of benzene rings is 7. The van der Waals surface area contributed by atoms with Crippen molar-refractivity contribution in [3.8, 4) is 23.0 Å². The Balaban J connectivity index is 1.05. The summed E-state index contributed by atoms with van der Waals surface area (Å²) >= 11 is 0. The summed E-state index contributed by atoms with van der Waals surface area (Å²) in [5.74, 6) is 1.88. The van der Waals surface area contributed by atoms with Crippen molar-refractivity contribution in [1.82, 2.24) is 14.1 Å². The summed E-state index contributed by atoms with van der Waals surface area (Å²) < 4.78 is 26.2. The molecule has 0 atom stereocenters. The summed E-state index contributed by atoms with van der Waals surface area (Å²) in [5.41, 5.74) is 13.2. The van der Waals surface area contributed by atoms with Crippen LogP contribution in [0.15, 0.2) is 164 Å². The van der Waals surface area contributed by atoms with Crippen LogP contribution in [0.5, 0.6) is 11.5 Å². The molecule has 334 valence electrons. The lowest BCUT2D eigenvalue weighted by atomic mass is 9.80. The Hall–Kier alpha value is -7.38. The van der Waals surface area contributed by atoms with Gasteiger partial charge in [0, 0.05) is 51.2 Å². The van der Waals surface area contributed by atoms with E-state index in [0.717, 1.165) is 56.1 Å². The maximum atomic E-state index is 14.8. The highest BCUT2D eigenvalue weighted by molar-refractivity contribution is 6.11. The van der Waals surface area contributed by atoms with Crippen LogP contribution in [0.3, 0.4) is 0 Å². The van der Waals surface area contributed by atoms with Crippen LogP contribution in [0.25, 0.3) is 55.1 Å². The molecule has 0 N–H and O–H groups in total. The second-order valence-corrected chi connectivity index (χ2v) is 21.2. The number of hydrogen-bond donors (Lipinski definition) is 0. The Morgan fingerprint density at radius 3 is 1.75 bits per heavy atom. The highest BCUT2D eigenvalue weighted by Crippen LogP contribution is 2.51. The van der Waals surface area contributed by atoms with Crippen molar-refractivity contribution < 1.29 is 9.13 Å². The number of aromatic nitrogens is 3. The van der Waals surface area contributed by atoms with E-state index in [9.17, 15) is 4.39 Å². The number of rotatable bonds is 6. The molecule has 7 aromatic carbocycles. The normalized spacial score (nSPS) is 13.4. The molecule has 0 amide bonds. The fourth-order valence-corrected chi connectivity index (χ4v) is 9.87. The molecule has 1 aliphatic rings. The number of para-hydroxylation sites is 3. The molecule has 0 spiro atoms. The lowest BCUT2D eigenvalue weighted by Crippen LogP contribution is -2.25. The van der Waals surface area contributed by atoms with Gasteiger partial charge in [0.2, 0.25) is 0 Å². The van der Waals surface area contributed by atoms with Gasteiger partial charge in [-0.3, -0.25) is 4.57 Å². The van der Waals surface area contributed by atoms with Gasteiger partial charge in [-0.25, -0.2) is 9.37 Å². The van der Waals surface area contributed by atoms with Crippen LogP contribution in [0.4, 0.5) is 27.1 Å². The monoisotopic (exact) mass is 881 g/mol. The molecule has 3 aromatic heterocycles. The van der Waals surface area contributed by atoms with Gasteiger partial charge in [-0.15, -0.1) is 0 Å². The average Bonchev–Trinajstić information content (AvgIpc) is 3.96. The fraction of sp³-hybridized carbons (Fsp3) is 0.217. The molecular formula is C60H56FN5O. The van der Waals surface area contributed by atoms with E-state index in [0.29, 0.717) is 18.2 Å². The predicted molar refractivity (Wildman–Crippen MR) is 278 cm³/mol. The number of nitrogens with zero attached hydrogens (tertiary/aromatic N) is 5. The van der Waals surface area contributed by atoms with E-state index in [2.05, 4.69) is 197 Å². The maximum Gasteiger partial charge on any atom is 0.137 e. The van der Waals surface area contributed by atoms with Crippen molar-refractivity contribution in [2.45, 2.75) is 78.6 Å².